The number of nitrogens with two attached hydrogens (primary N) is 1. The molecule has 0 spiro atoms. The maximum absolute atomic E-state index is 12.5. The van der Waals surface area contributed by atoms with E-state index in [4.69, 9.17) is 9.88 Å². The van der Waals surface area contributed by atoms with Gasteiger partial charge in [0.25, 0.3) is 0 Å². The first-order chi connectivity index (χ1) is 12.6. The minimum absolute atomic E-state index is 0.0503. The molecule has 0 aliphatic rings. The first-order valence-corrected chi connectivity index (χ1v) is 10.2. The first-order valence-electron chi connectivity index (χ1n) is 8.68. The highest BCUT2D eigenvalue weighted by Crippen LogP contribution is 2.22. The summed E-state index contributed by atoms with van der Waals surface area (Å²) in [7, 11) is -2.00. The van der Waals surface area contributed by atoms with Crippen molar-refractivity contribution in [3.63, 3.8) is 0 Å². The number of primary sulfonamides is 1. The number of aryl methyl sites for hydroxylation is 2. The van der Waals surface area contributed by atoms with Crippen LogP contribution in [0.5, 0.6) is 5.75 Å². The van der Waals surface area contributed by atoms with Gasteiger partial charge in [-0.1, -0.05) is 24.3 Å². The standard InChI is InChI=1S/C20H26N2O4S/c1-14-5-6-15(2)19(13-14)26-12-11-20(23)22(4)16(3)17-7-9-18(10-8-17)27(21,24)25/h5-10,13,16H,11-12H2,1-4H3,(H2,21,24,25). The van der Waals surface area contributed by atoms with Gasteiger partial charge in [0, 0.05) is 7.05 Å². The summed E-state index contributed by atoms with van der Waals surface area (Å²) in [6.07, 6.45) is 0.253. The van der Waals surface area contributed by atoms with Crippen molar-refractivity contribution >= 4 is 15.9 Å². The molecular formula is C20H26N2O4S. The van der Waals surface area contributed by atoms with Gasteiger partial charge in [0.1, 0.15) is 5.75 Å². The van der Waals surface area contributed by atoms with Gasteiger partial charge in [0.2, 0.25) is 15.9 Å². The van der Waals surface area contributed by atoms with E-state index in [1.807, 2.05) is 39.0 Å². The number of hydrogen-bond donors (Lipinski definition) is 1. The average molecular weight is 391 g/mol. The molecule has 2 N–H and O–H groups in total. The molecular weight excluding hydrogens is 364 g/mol. The van der Waals surface area contributed by atoms with Gasteiger partial charge >= 0.3 is 0 Å². The highest BCUT2D eigenvalue weighted by molar-refractivity contribution is 7.89. The minimum atomic E-state index is -3.72. The smallest absolute Gasteiger partial charge is 0.238 e. The molecule has 0 heterocycles. The fourth-order valence-electron chi connectivity index (χ4n) is 2.66. The summed E-state index contributed by atoms with van der Waals surface area (Å²) >= 11 is 0. The van der Waals surface area contributed by atoms with Crippen molar-refractivity contribution in [1.29, 1.82) is 0 Å². The Labute approximate surface area is 161 Å². The highest BCUT2D eigenvalue weighted by atomic mass is 32.2. The monoisotopic (exact) mass is 390 g/mol. The molecule has 1 amide bonds. The normalized spacial score (nSPS) is 12.5. The number of nitrogens with zero attached hydrogens (tertiary/aromatic N) is 1. The molecule has 0 aliphatic carbocycles. The van der Waals surface area contributed by atoms with Crippen LogP contribution < -0.4 is 9.88 Å². The van der Waals surface area contributed by atoms with Gasteiger partial charge < -0.3 is 9.64 Å². The first kappa shape index (κ1) is 20.9. The van der Waals surface area contributed by atoms with E-state index in [0.29, 0.717) is 6.61 Å². The molecule has 27 heavy (non-hydrogen) atoms. The number of carbonyl (C=O) groups excluding carboxylic acids is 1. The molecule has 0 fully saturated rings. The van der Waals surface area contributed by atoms with Gasteiger partial charge in [-0.15, -0.1) is 0 Å². The van der Waals surface area contributed by atoms with Crippen LogP contribution in [0.15, 0.2) is 47.4 Å². The number of ether oxygens (including phenoxy) is 1. The summed E-state index contributed by atoms with van der Waals surface area (Å²) in [4.78, 5) is 14.1. The third-order valence-electron chi connectivity index (χ3n) is 4.58. The fourth-order valence-corrected chi connectivity index (χ4v) is 3.18. The molecule has 7 heteroatoms. The molecule has 0 saturated carbocycles. The van der Waals surface area contributed by atoms with E-state index in [0.717, 1.165) is 22.4 Å². The maximum atomic E-state index is 12.5. The molecule has 0 aliphatic heterocycles. The molecule has 2 aromatic rings. The summed E-state index contributed by atoms with van der Waals surface area (Å²) in [6, 6.07) is 12.0. The lowest BCUT2D eigenvalue weighted by molar-refractivity contribution is -0.132. The van der Waals surface area contributed by atoms with Gasteiger partial charge in [-0.25, -0.2) is 13.6 Å². The third kappa shape index (κ3) is 5.55. The van der Waals surface area contributed by atoms with Crippen molar-refractivity contribution in [2.24, 2.45) is 5.14 Å². The zero-order valence-electron chi connectivity index (χ0n) is 16.1. The summed E-state index contributed by atoms with van der Waals surface area (Å²) < 4.78 is 28.4. The predicted molar refractivity (Wildman–Crippen MR) is 105 cm³/mol. The van der Waals surface area contributed by atoms with Crippen molar-refractivity contribution in [3.8, 4) is 5.75 Å². The van der Waals surface area contributed by atoms with Crippen LogP contribution in [0.2, 0.25) is 0 Å². The fraction of sp³-hybridized carbons (Fsp3) is 0.350. The van der Waals surface area contributed by atoms with Crippen LogP contribution in [-0.2, 0) is 14.8 Å². The maximum Gasteiger partial charge on any atom is 0.238 e. The van der Waals surface area contributed by atoms with Crippen molar-refractivity contribution < 1.29 is 17.9 Å². The SMILES string of the molecule is Cc1ccc(C)c(OCCC(=O)N(C)C(C)c2ccc(S(N)(=O)=O)cc2)c1. The van der Waals surface area contributed by atoms with Crippen molar-refractivity contribution in [3.05, 3.63) is 59.2 Å². The topological polar surface area (TPSA) is 89.7 Å². The Morgan fingerprint density at radius 1 is 1.15 bits per heavy atom. The molecule has 0 aromatic heterocycles. The lowest BCUT2D eigenvalue weighted by Crippen LogP contribution is -2.30. The van der Waals surface area contributed by atoms with E-state index in [-0.39, 0.29) is 23.3 Å². The Hall–Kier alpha value is -2.38. The number of amides is 1. The van der Waals surface area contributed by atoms with Crippen LogP contribution >= 0.6 is 0 Å². The number of sulfonamides is 1. The van der Waals surface area contributed by atoms with E-state index in [1.165, 1.54) is 12.1 Å². The minimum Gasteiger partial charge on any atom is -0.493 e. The van der Waals surface area contributed by atoms with Crippen LogP contribution in [0.4, 0.5) is 0 Å². The van der Waals surface area contributed by atoms with E-state index in [9.17, 15) is 13.2 Å². The van der Waals surface area contributed by atoms with Crippen LogP contribution in [-0.4, -0.2) is 32.9 Å². The number of benzene rings is 2. The van der Waals surface area contributed by atoms with E-state index < -0.39 is 10.0 Å². The third-order valence-corrected chi connectivity index (χ3v) is 5.51. The molecule has 0 radical (unpaired) electrons. The van der Waals surface area contributed by atoms with Crippen LogP contribution in [0.1, 0.15) is 36.1 Å². The molecule has 2 rings (SSSR count). The second-order valence-electron chi connectivity index (χ2n) is 6.66. The molecule has 146 valence electrons. The molecule has 2 aromatic carbocycles. The summed E-state index contributed by atoms with van der Waals surface area (Å²) in [5.74, 6) is 0.736. The summed E-state index contributed by atoms with van der Waals surface area (Å²) in [5, 5.41) is 5.11. The van der Waals surface area contributed by atoms with E-state index in [1.54, 1.807) is 24.1 Å². The van der Waals surface area contributed by atoms with Crippen molar-refractivity contribution in [2.75, 3.05) is 13.7 Å². The van der Waals surface area contributed by atoms with Gasteiger partial charge in [0.05, 0.1) is 24.0 Å². The van der Waals surface area contributed by atoms with Crippen molar-refractivity contribution in [1.82, 2.24) is 4.90 Å². The van der Waals surface area contributed by atoms with Gasteiger partial charge in [-0.2, -0.15) is 0 Å². The van der Waals surface area contributed by atoms with E-state index >= 15 is 0 Å². The van der Waals surface area contributed by atoms with Gasteiger partial charge in [-0.3, -0.25) is 4.79 Å². The van der Waals surface area contributed by atoms with Gasteiger partial charge in [0.15, 0.2) is 0 Å². The lowest BCUT2D eigenvalue weighted by atomic mass is 10.1. The second kappa shape index (κ2) is 8.54. The Bertz CT molecular complexity index is 908. The second-order valence-corrected chi connectivity index (χ2v) is 8.22. The molecule has 0 bridgehead atoms. The lowest BCUT2D eigenvalue weighted by Gasteiger charge is -2.25. The molecule has 1 unspecified atom stereocenters. The quantitative estimate of drug-likeness (QED) is 0.787. The molecule has 6 nitrogen and oxygen atoms in total. The number of hydrogen-bond acceptors (Lipinski definition) is 4. The predicted octanol–water partition coefficient (Wildman–Crippen LogP) is 2.94. The molecule has 0 saturated heterocycles. The van der Waals surface area contributed by atoms with Crippen LogP contribution in [0, 0.1) is 13.8 Å². The Morgan fingerprint density at radius 2 is 1.78 bits per heavy atom. The Kier molecular flexibility index (Phi) is 6.62. The Morgan fingerprint density at radius 3 is 2.37 bits per heavy atom. The molecule has 1 atom stereocenters. The zero-order valence-corrected chi connectivity index (χ0v) is 16.9. The number of rotatable bonds is 7. The van der Waals surface area contributed by atoms with Gasteiger partial charge in [-0.05, 0) is 55.7 Å². The summed E-state index contributed by atoms with van der Waals surface area (Å²) in [5.41, 5.74) is 2.97. The van der Waals surface area contributed by atoms with Crippen LogP contribution in [0.3, 0.4) is 0 Å². The highest BCUT2D eigenvalue weighted by Gasteiger charge is 2.18. The largest absolute Gasteiger partial charge is 0.493 e. The zero-order chi connectivity index (χ0) is 20.2. The van der Waals surface area contributed by atoms with Crippen LogP contribution in [0.25, 0.3) is 0 Å². The van der Waals surface area contributed by atoms with Crippen molar-refractivity contribution in [2.45, 2.75) is 38.1 Å². The summed E-state index contributed by atoms with van der Waals surface area (Å²) in [6.45, 7) is 6.14. The Balaban J connectivity index is 1.94. The van der Waals surface area contributed by atoms with E-state index in [2.05, 4.69) is 0 Å². The average Bonchev–Trinajstić information content (AvgIpc) is 2.62. The number of carbonyl (C=O) groups is 1.